The molecule has 0 saturated heterocycles. The third-order valence-electron chi connectivity index (χ3n) is 4.43. The first-order valence-electron chi connectivity index (χ1n) is 6.32. The molecule has 0 radical (unpaired) electrons. The van der Waals surface area contributed by atoms with E-state index in [0.717, 1.165) is 24.7 Å². The molecular formula is C13H24O. The van der Waals surface area contributed by atoms with Crippen molar-refractivity contribution in [1.82, 2.24) is 0 Å². The van der Waals surface area contributed by atoms with E-state index >= 15 is 0 Å². The summed E-state index contributed by atoms with van der Waals surface area (Å²) in [7, 11) is 0. The Morgan fingerprint density at radius 1 is 1.21 bits per heavy atom. The second kappa shape index (κ2) is 3.84. The molecular weight excluding hydrogens is 172 g/mol. The van der Waals surface area contributed by atoms with Crippen LogP contribution in [0.4, 0.5) is 0 Å². The topological polar surface area (TPSA) is 20.2 Å². The monoisotopic (exact) mass is 196 g/mol. The van der Waals surface area contributed by atoms with Crippen LogP contribution in [-0.4, -0.2) is 10.7 Å². The van der Waals surface area contributed by atoms with Gasteiger partial charge in [-0.25, -0.2) is 0 Å². The van der Waals surface area contributed by atoms with Gasteiger partial charge in [0.25, 0.3) is 0 Å². The molecule has 82 valence electrons. The molecule has 0 aromatic carbocycles. The first-order valence-corrected chi connectivity index (χ1v) is 6.32. The number of rotatable bonds is 3. The number of aliphatic hydroxyl groups is 1. The van der Waals surface area contributed by atoms with E-state index in [9.17, 15) is 5.11 Å². The highest BCUT2D eigenvalue weighted by atomic mass is 16.3. The van der Waals surface area contributed by atoms with Crippen molar-refractivity contribution in [3.05, 3.63) is 0 Å². The molecule has 1 heteroatoms. The van der Waals surface area contributed by atoms with Crippen LogP contribution in [0.25, 0.3) is 0 Å². The molecule has 0 heterocycles. The molecule has 0 aromatic rings. The molecule has 0 amide bonds. The molecule has 2 saturated carbocycles. The highest BCUT2D eigenvalue weighted by molar-refractivity contribution is 4.91. The fourth-order valence-corrected chi connectivity index (χ4v) is 2.92. The van der Waals surface area contributed by atoms with Gasteiger partial charge in [-0.05, 0) is 49.9 Å². The second-order valence-electron chi connectivity index (χ2n) is 5.87. The molecule has 0 aliphatic heterocycles. The average molecular weight is 196 g/mol. The van der Waals surface area contributed by atoms with Crippen molar-refractivity contribution in [2.75, 3.05) is 0 Å². The molecule has 2 fully saturated rings. The van der Waals surface area contributed by atoms with Crippen LogP contribution in [0, 0.1) is 17.8 Å². The summed E-state index contributed by atoms with van der Waals surface area (Å²) in [5, 5.41) is 10.5. The zero-order valence-electron chi connectivity index (χ0n) is 9.63. The lowest BCUT2D eigenvalue weighted by Gasteiger charge is -2.41. The van der Waals surface area contributed by atoms with Gasteiger partial charge in [0, 0.05) is 0 Å². The Morgan fingerprint density at radius 2 is 1.93 bits per heavy atom. The Kier molecular flexibility index (Phi) is 2.88. The van der Waals surface area contributed by atoms with Crippen LogP contribution in [0.15, 0.2) is 0 Å². The molecule has 14 heavy (non-hydrogen) atoms. The Balaban J connectivity index is 1.85. The standard InChI is InChI=1S/C13H24O/c1-10-5-7-13(14,11(2)9-10)8-6-12-3-4-12/h10-12,14H,3-9H2,1-2H3. The summed E-state index contributed by atoms with van der Waals surface area (Å²) < 4.78 is 0. The van der Waals surface area contributed by atoms with Gasteiger partial charge in [0.1, 0.15) is 0 Å². The van der Waals surface area contributed by atoms with Crippen LogP contribution in [0.1, 0.15) is 58.8 Å². The summed E-state index contributed by atoms with van der Waals surface area (Å²) in [6.07, 6.45) is 8.66. The predicted molar refractivity (Wildman–Crippen MR) is 59.1 cm³/mol. The minimum absolute atomic E-state index is 0.310. The van der Waals surface area contributed by atoms with Crippen molar-refractivity contribution in [3.8, 4) is 0 Å². The molecule has 0 bridgehead atoms. The maximum atomic E-state index is 10.5. The van der Waals surface area contributed by atoms with Gasteiger partial charge in [-0.2, -0.15) is 0 Å². The maximum Gasteiger partial charge on any atom is 0.0673 e. The highest BCUT2D eigenvalue weighted by Gasteiger charge is 2.39. The Bertz CT molecular complexity index is 197. The van der Waals surface area contributed by atoms with Crippen LogP contribution in [0.3, 0.4) is 0 Å². The van der Waals surface area contributed by atoms with Crippen molar-refractivity contribution in [3.63, 3.8) is 0 Å². The molecule has 2 aliphatic rings. The van der Waals surface area contributed by atoms with E-state index in [1.54, 1.807) is 0 Å². The normalized spacial score (nSPS) is 43.9. The summed E-state index contributed by atoms with van der Waals surface area (Å²) >= 11 is 0. The van der Waals surface area contributed by atoms with Crippen molar-refractivity contribution < 1.29 is 5.11 Å². The first-order chi connectivity index (χ1) is 6.60. The lowest BCUT2D eigenvalue weighted by atomic mass is 9.70. The van der Waals surface area contributed by atoms with Crippen LogP contribution >= 0.6 is 0 Å². The fraction of sp³-hybridized carbons (Fsp3) is 1.00. The molecule has 1 N–H and O–H groups in total. The van der Waals surface area contributed by atoms with Gasteiger partial charge < -0.3 is 5.11 Å². The molecule has 0 aromatic heterocycles. The van der Waals surface area contributed by atoms with Crippen LogP contribution in [0.5, 0.6) is 0 Å². The van der Waals surface area contributed by atoms with Crippen LogP contribution in [-0.2, 0) is 0 Å². The van der Waals surface area contributed by atoms with Gasteiger partial charge in [-0.15, -0.1) is 0 Å². The zero-order valence-corrected chi connectivity index (χ0v) is 9.63. The molecule has 2 rings (SSSR count). The second-order valence-corrected chi connectivity index (χ2v) is 5.87. The quantitative estimate of drug-likeness (QED) is 0.734. The molecule has 2 aliphatic carbocycles. The summed E-state index contributed by atoms with van der Waals surface area (Å²) in [4.78, 5) is 0. The third kappa shape index (κ3) is 2.31. The van der Waals surface area contributed by atoms with Gasteiger partial charge in [0.2, 0.25) is 0 Å². The summed E-state index contributed by atoms with van der Waals surface area (Å²) in [6.45, 7) is 4.56. The largest absolute Gasteiger partial charge is 0.390 e. The highest BCUT2D eigenvalue weighted by Crippen LogP contribution is 2.43. The third-order valence-corrected chi connectivity index (χ3v) is 4.43. The summed E-state index contributed by atoms with van der Waals surface area (Å²) in [6, 6.07) is 0. The molecule has 3 unspecified atom stereocenters. The number of hydrogen-bond donors (Lipinski definition) is 1. The fourth-order valence-electron chi connectivity index (χ4n) is 2.92. The lowest BCUT2D eigenvalue weighted by molar-refractivity contribution is -0.0613. The van der Waals surface area contributed by atoms with E-state index in [1.807, 2.05) is 0 Å². The van der Waals surface area contributed by atoms with Crippen molar-refractivity contribution in [2.45, 2.75) is 64.4 Å². The Labute approximate surface area is 87.9 Å². The van der Waals surface area contributed by atoms with E-state index in [0.29, 0.717) is 5.92 Å². The van der Waals surface area contributed by atoms with Gasteiger partial charge in [-0.1, -0.05) is 26.7 Å². The molecule has 3 atom stereocenters. The van der Waals surface area contributed by atoms with Crippen LogP contribution < -0.4 is 0 Å². The van der Waals surface area contributed by atoms with E-state index in [4.69, 9.17) is 0 Å². The van der Waals surface area contributed by atoms with E-state index < -0.39 is 0 Å². The van der Waals surface area contributed by atoms with E-state index in [1.165, 1.54) is 32.1 Å². The average Bonchev–Trinajstić information content (AvgIpc) is 2.93. The van der Waals surface area contributed by atoms with Gasteiger partial charge >= 0.3 is 0 Å². The predicted octanol–water partition coefficient (Wildman–Crippen LogP) is 3.36. The van der Waals surface area contributed by atoms with Crippen molar-refractivity contribution in [1.29, 1.82) is 0 Å². The molecule has 1 nitrogen and oxygen atoms in total. The van der Waals surface area contributed by atoms with E-state index in [-0.39, 0.29) is 5.60 Å². The Hall–Kier alpha value is -0.0400. The molecule has 0 spiro atoms. The first kappa shape index (κ1) is 10.5. The van der Waals surface area contributed by atoms with E-state index in [2.05, 4.69) is 13.8 Å². The van der Waals surface area contributed by atoms with Gasteiger partial charge in [0.05, 0.1) is 5.60 Å². The summed E-state index contributed by atoms with van der Waals surface area (Å²) in [5.41, 5.74) is -0.310. The van der Waals surface area contributed by atoms with Gasteiger partial charge in [-0.3, -0.25) is 0 Å². The zero-order chi connectivity index (χ0) is 10.2. The van der Waals surface area contributed by atoms with Gasteiger partial charge in [0.15, 0.2) is 0 Å². The lowest BCUT2D eigenvalue weighted by Crippen LogP contribution is -2.41. The number of hydrogen-bond acceptors (Lipinski definition) is 1. The van der Waals surface area contributed by atoms with Crippen LogP contribution in [0.2, 0.25) is 0 Å². The minimum atomic E-state index is -0.310. The minimum Gasteiger partial charge on any atom is -0.390 e. The van der Waals surface area contributed by atoms with Crippen molar-refractivity contribution in [2.24, 2.45) is 17.8 Å². The Morgan fingerprint density at radius 3 is 2.50 bits per heavy atom. The summed E-state index contributed by atoms with van der Waals surface area (Å²) in [5.74, 6) is 2.31. The SMILES string of the molecule is CC1CCC(O)(CCC2CC2)C(C)C1. The van der Waals surface area contributed by atoms with Crippen molar-refractivity contribution >= 4 is 0 Å². The maximum absolute atomic E-state index is 10.5. The smallest absolute Gasteiger partial charge is 0.0673 e.